The van der Waals surface area contributed by atoms with Crippen LogP contribution in [0.2, 0.25) is 0 Å². The Labute approximate surface area is 161 Å². The smallest absolute Gasteiger partial charge is 0.270 e. The average Bonchev–Trinajstić information content (AvgIpc) is 3.04. The van der Waals surface area contributed by atoms with Gasteiger partial charge < -0.3 is 14.8 Å². The minimum absolute atomic E-state index is 0.0224. The third-order valence-electron chi connectivity index (χ3n) is 5.58. The molecule has 1 saturated heterocycles. The summed E-state index contributed by atoms with van der Waals surface area (Å²) in [6.45, 7) is 4.16. The molecule has 2 amide bonds. The molecule has 1 aromatic heterocycles. The number of carbonyl (C=O) groups excluding carboxylic acids is 2. The van der Waals surface area contributed by atoms with E-state index in [9.17, 15) is 9.59 Å². The van der Waals surface area contributed by atoms with Crippen molar-refractivity contribution in [2.75, 3.05) is 19.6 Å². The highest BCUT2D eigenvalue weighted by Crippen LogP contribution is 2.23. The van der Waals surface area contributed by atoms with Gasteiger partial charge >= 0.3 is 0 Å². The Morgan fingerprint density at radius 2 is 2.00 bits per heavy atom. The first-order valence-corrected chi connectivity index (χ1v) is 10.2. The summed E-state index contributed by atoms with van der Waals surface area (Å²) in [7, 11) is 1.93. The Bertz CT molecular complexity index is 796. The molecule has 0 bridgehead atoms. The molecule has 0 spiro atoms. The highest BCUT2D eigenvalue weighted by molar-refractivity contribution is 5.99. The number of amides is 2. The van der Waals surface area contributed by atoms with E-state index in [1.807, 2.05) is 46.8 Å². The summed E-state index contributed by atoms with van der Waals surface area (Å²) in [6.07, 6.45) is 6.34. The van der Waals surface area contributed by atoms with E-state index in [2.05, 4.69) is 12.2 Å². The molecule has 27 heavy (non-hydrogen) atoms. The van der Waals surface area contributed by atoms with Gasteiger partial charge in [-0.15, -0.1) is 0 Å². The second-order valence-corrected chi connectivity index (χ2v) is 7.59. The number of aromatic nitrogens is 1. The molecular formula is C22H31N3O2. The minimum Gasteiger partial charge on any atom is -0.356 e. The van der Waals surface area contributed by atoms with Gasteiger partial charge in [0, 0.05) is 37.6 Å². The van der Waals surface area contributed by atoms with Crippen LogP contribution in [0.25, 0.3) is 10.9 Å². The zero-order chi connectivity index (χ0) is 19.2. The van der Waals surface area contributed by atoms with Crippen LogP contribution in [0.15, 0.2) is 30.3 Å². The number of piperidine rings is 1. The maximum absolute atomic E-state index is 13.1. The predicted molar refractivity (Wildman–Crippen MR) is 109 cm³/mol. The van der Waals surface area contributed by atoms with Gasteiger partial charge in [0.25, 0.3) is 5.91 Å². The molecule has 1 unspecified atom stereocenters. The molecular weight excluding hydrogens is 338 g/mol. The number of unbranched alkanes of at least 4 members (excludes halogenated alkanes) is 3. The Balaban J connectivity index is 1.60. The SMILES string of the molecule is CCCCCCNC(=O)C1CCCN(C(=O)c2cc3ccccc3n2C)C1. The van der Waals surface area contributed by atoms with Crippen LogP contribution in [0.5, 0.6) is 0 Å². The molecule has 5 heteroatoms. The average molecular weight is 370 g/mol. The van der Waals surface area contributed by atoms with E-state index in [0.717, 1.165) is 49.7 Å². The van der Waals surface area contributed by atoms with E-state index in [-0.39, 0.29) is 17.7 Å². The quantitative estimate of drug-likeness (QED) is 0.756. The predicted octanol–water partition coefficient (Wildman–Crippen LogP) is 3.73. The third kappa shape index (κ3) is 4.52. The lowest BCUT2D eigenvalue weighted by atomic mass is 9.96. The van der Waals surface area contributed by atoms with Gasteiger partial charge in [-0.1, -0.05) is 44.4 Å². The van der Waals surface area contributed by atoms with Gasteiger partial charge in [-0.3, -0.25) is 9.59 Å². The zero-order valence-electron chi connectivity index (χ0n) is 16.5. The van der Waals surface area contributed by atoms with Crippen molar-refractivity contribution in [3.8, 4) is 0 Å². The maximum atomic E-state index is 13.1. The lowest BCUT2D eigenvalue weighted by Crippen LogP contribution is -2.46. The fourth-order valence-corrected chi connectivity index (χ4v) is 3.94. The second kappa shape index (κ2) is 9.07. The molecule has 1 fully saturated rings. The molecule has 3 rings (SSSR count). The first-order chi connectivity index (χ1) is 13.1. The number of carbonyl (C=O) groups is 2. The molecule has 2 heterocycles. The summed E-state index contributed by atoms with van der Waals surface area (Å²) >= 11 is 0. The van der Waals surface area contributed by atoms with Crippen molar-refractivity contribution < 1.29 is 9.59 Å². The summed E-state index contributed by atoms with van der Waals surface area (Å²) in [5.74, 6) is 0.0266. The van der Waals surface area contributed by atoms with E-state index in [4.69, 9.17) is 0 Å². The fourth-order valence-electron chi connectivity index (χ4n) is 3.94. The molecule has 1 aromatic carbocycles. The molecule has 0 aliphatic carbocycles. The lowest BCUT2D eigenvalue weighted by Gasteiger charge is -2.32. The zero-order valence-corrected chi connectivity index (χ0v) is 16.5. The topological polar surface area (TPSA) is 54.3 Å². The van der Waals surface area contributed by atoms with Crippen molar-refractivity contribution in [1.82, 2.24) is 14.8 Å². The Morgan fingerprint density at radius 3 is 2.78 bits per heavy atom. The molecule has 1 atom stereocenters. The van der Waals surface area contributed by atoms with Crippen molar-refractivity contribution in [1.29, 1.82) is 0 Å². The minimum atomic E-state index is -0.0939. The number of hydrogen-bond acceptors (Lipinski definition) is 2. The number of fused-ring (bicyclic) bond motifs is 1. The van der Waals surface area contributed by atoms with Gasteiger partial charge in [0.1, 0.15) is 5.69 Å². The molecule has 1 aliphatic rings. The molecule has 2 aromatic rings. The molecule has 0 saturated carbocycles. The number of hydrogen-bond donors (Lipinski definition) is 1. The van der Waals surface area contributed by atoms with Gasteiger partial charge in [-0.2, -0.15) is 0 Å². The summed E-state index contributed by atoms with van der Waals surface area (Å²) in [6, 6.07) is 9.97. The molecule has 0 radical (unpaired) electrons. The number of nitrogens with zero attached hydrogens (tertiary/aromatic N) is 2. The van der Waals surface area contributed by atoms with E-state index < -0.39 is 0 Å². The van der Waals surface area contributed by atoms with Crippen molar-refractivity contribution in [3.63, 3.8) is 0 Å². The number of para-hydroxylation sites is 1. The molecule has 1 N–H and O–H groups in total. The van der Waals surface area contributed by atoms with Gasteiger partial charge in [-0.25, -0.2) is 0 Å². The monoisotopic (exact) mass is 369 g/mol. The van der Waals surface area contributed by atoms with Gasteiger partial charge in [0.15, 0.2) is 0 Å². The summed E-state index contributed by atoms with van der Waals surface area (Å²) < 4.78 is 1.95. The standard InChI is InChI=1S/C22H31N3O2/c1-3-4-5-8-13-23-21(26)18-11-9-14-25(16-18)22(27)20-15-17-10-6-7-12-19(17)24(20)2/h6-7,10,12,15,18H,3-5,8-9,11,13-14,16H2,1-2H3,(H,23,26). The van der Waals surface area contributed by atoms with Gasteiger partial charge in [0.2, 0.25) is 5.91 Å². The van der Waals surface area contributed by atoms with Crippen LogP contribution in [-0.2, 0) is 11.8 Å². The Hall–Kier alpha value is -2.30. The van der Waals surface area contributed by atoms with Crippen LogP contribution < -0.4 is 5.32 Å². The van der Waals surface area contributed by atoms with Gasteiger partial charge in [0.05, 0.1) is 5.92 Å². The van der Waals surface area contributed by atoms with Crippen molar-refractivity contribution in [3.05, 3.63) is 36.0 Å². The number of benzene rings is 1. The summed E-state index contributed by atoms with van der Waals surface area (Å²) in [5.41, 5.74) is 1.75. The normalized spacial score (nSPS) is 17.3. The second-order valence-electron chi connectivity index (χ2n) is 7.59. The van der Waals surface area contributed by atoms with E-state index >= 15 is 0 Å². The highest BCUT2D eigenvalue weighted by Gasteiger charge is 2.29. The number of aryl methyl sites for hydroxylation is 1. The van der Waals surface area contributed by atoms with Crippen LogP contribution in [0.1, 0.15) is 55.9 Å². The lowest BCUT2D eigenvalue weighted by molar-refractivity contribution is -0.126. The summed E-state index contributed by atoms with van der Waals surface area (Å²) in [4.78, 5) is 27.4. The van der Waals surface area contributed by atoms with Crippen molar-refractivity contribution in [2.24, 2.45) is 13.0 Å². The number of likely N-dealkylation sites (tertiary alicyclic amines) is 1. The molecule has 1 aliphatic heterocycles. The number of nitrogens with one attached hydrogen (secondary N) is 1. The van der Waals surface area contributed by atoms with Gasteiger partial charge in [-0.05, 0) is 31.4 Å². The van der Waals surface area contributed by atoms with E-state index in [1.54, 1.807) is 0 Å². The van der Waals surface area contributed by atoms with Crippen molar-refractivity contribution >= 4 is 22.7 Å². The molecule has 146 valence electrons. The first kappa shape index (κ1) is 19.5. The van der Waals surface area contributed by atoms with E-state index in [0.29, 0.717) is 12.2 Å². The fraction of sp³-hybridized carbons (Fsp3) is 0.545. The first-order valence-electron chi connectivity index (χ1n) is 10.2. The van der Waals surface area contributed by atoms with Crippen LogP contribution >= 0.6 is 0 Å². The van der Waals surface area contributed by atoms with Crippen LogP contribution in [0.4, 0.5) is 0 Å². The largest absolute Gasteiger partial charge is 0.356 e. The summed E-state index contributed by atoms with van der Waals surface area (Å²) in [5, 5.41) is 4.13. The van der Waals surface area contributed by atoms with Crippen LogP contribution in [-0.4, -0.2) is 40.9 Å². The molecule has 5 nitrogen and oxygen atoms in total. The highest BCUT2D eigenvalue weighted by atomic mass is 16.2. The van der Waals surface area contributed by atoms with Crippen LogP contribution in [0, 0.1) is 5.92 Å². The van der Waals surface area contributed by atoms with Crippen LogP contribution in [0.3, 0.4) is 0 Å². The third-order valence-corrected chi connectivity index (χ3v) is 5.58. The Morgan fingerprint density at radius 1 is 1.19 bits per heavy atom. The Kier molecular flexibility index (Phi) is 6.54. The van der Waals surface area contributed by atoms with E-state index in [1.165, 1.54) is 12.8 Å². The van der Waals surface area contributed by atoms with Crippen molar-refractivity contribution in [2.45, 2.75) is 45.4 Å². The number of rotatable bonds is 7. The maximum Gasteiger partial charge on any atom is 0.270 e.